The van der Waals surface area contributed by atoms with E-state index in [1.807, 2.05) is 11.0 Å². The number of allylic oxidation sites excluding steroid dienone is 1. The summed E-state index contributed by atoms with van der Waals surface area (Å²) in [6.07, 6.45) is 5.85. The van der Waals surface area contributed by atoms with Crippen LogP contribution in [0.1, 0.15) is 32.6 Å². The molecule has 0 saturated carbocycles. The van der Waals surface area contributed by atoms with Crippen LogP contribution in [-0.2, 0) is 9.53 Å². The van der Waals surface area contributed by atoms with E-state index in [1.165, 1.54) is 0 Å². The van der Waals surface area contributed by atoms with Gasteiger partial charge in [-0.2, -0.15) is 0 Å². The van der Waals surface area contributed by atoms with Crippen LogP contribution in [-0.4, -0.2) is 36.5 Å². The smallest absolute Gasteiger partial charge is 0.233 e. The minimum absolute atomic E-state index is 0.128. The quantitative estimate of drug-likeness (QED) is 0.825. The van der Waals surface area contributed by atoms with E-state index >= 15 is 0 Å². The van der Waals surface area contributed by atoms with Gasteiger partial charge >= 0.3 is 0 Å². The monoisotopic (exact) mass is 262 g/mol. The highest BCUT2D eigenvalue weighted by molar-refractivity contribution is 5.87. The van der Waals surface area contributed by atoms with Crippen molar-refractivity contribution in [1.29, 1.82) is 0 Å². The summed E-state index contributed by atoms with van der Waals surface area (Å²) in [5.74, 6) is 0.981. The van der Waals surface area contributed by atoms with Crippen molar-refractivity contribution >= 4 is 5.91 Å². The first-order chi connectivity index (χ1) is 9.16. The van der Waals surface area contributed by atoms with E-state index in [0.29, 0.717) is 24.3 Å². The van der Waals surface area contributed by atoms with Gasteiger partial charge in [0.25, 0.3) is 0 Å². The van der Waals surface area contributed by atoms with E-state index in [-0.39, 0.29) is 5.41 Å². The van der Waals surface area contributed by atoms with Crippen LogP contribution in [0, 0.1) is 5.41 Å². The lowest BCUT2D eigenvalue weighted by Gasteiger charge is -2.32. The Labute approximate surface area is 114 Å². The van der Waals surface area contributed by atoms with E-state index in [0.717, 1.165) is 44.5 Å². The van der Waals surface area contributed by atoms with Gasteiger partial charge in [-0.25, -0.2) is 0 Å². The number of hydrogen-bond acceptors (Lipinski definition) is 3. The SMILES string of the molecule is C=C1C=C(N2C(=O)C3(CCNCC3)CC2CC)CO1. The summed E-state index contributed by atoms with van der Waals surface area (Å²) in [6.45, 7) is 8.38. The van der Waals surface area contributed by atoms with Gasteiger partial charge in [0.15, 0.2) is 0 Å². The maximum absolute atomic E-state index is 12.9. The van der Waals surface area contributed by atoms with Crippen molar-refractivity contribution in [2.24, 2.45) is 5.41 Å². The minimum Gasteiger partial charge on any atom is -0.488 e. The van der Waals surface area contributed by atoms with Crippen LogP contribution >= 0.6 is 0 Å². The van der Waals surface area contributed by atoms with Crippen LogP contribution in [0.4, 0.5) is 0 Å². The average Bonchev–Trinajstić information content (AvgIpc) is 2.94. The Kier molecular flexibility index (Phi) is 3.13. The molecular weight excluding hydrogens is 240 g/mol. The summed E-state index contributed by atoms with van der Waals surface area (Å²) in [7, 11) is 0. The van der Waals surface area contributed by atoms with Crippen molar-refractivity contribution in [1.82, 2.24) is 10.2 Å². The number of amides is 1. The number of carbonyl (C=O) groups excluding carboxylic acids is 1. The molecule has 0 bridgehead atoms. The molecule has 1 N–H and O–H groups in total. The third kappa shape index (κ3) is 1.98. The maximum atomic E-state index is 12.9. The number of nitrogens with one attached hydrogen (secondary N) is 1. The zero-order valence-corrected chi connectivity index (χ0v) is 11.6. The van der Waals surface area contributed by atoms with Crippen LogP contribution in [0.3, 0.4) is 0 Å². The molecule has 2 fully saturated rings. The van der Waals surface area contributed by atoms with Crippen LogP contribution in [0.25, 0.3) is 0 Å². The molecule has 1 spiro atoms. The maximum Gasteiger partial charge on any atom is 0.233 e. The van der Waals surface area contributed by atoms with Gasteiger partial charge in [0.1, 0.15) is 12.4 Å². The Morgan fingerprint density at radius 3 is 2.84 bits per heavy atom. The Morgan fingerprint density at radius 1 is 1.53 bits per heavy atom. The summed E-state index contributed by atoms with van der Waals surface area (Å²) in [6, 6.07) is 0.325. The number of rotatable bonds is 2. The normalized spacial score (nSPS) is 29.8. The molecule has 4 nitrogen and oxygen atoms in total. The van der Waals surface area contributed by atoms with Crippen molar-refractivity contribution in [2.45, 2.75) is 38.6 Å². The molecule has 3 aliphatic rings. The molecule has 3 rings (SSSR count). The highest BCUT2D eigenvalue weighted by Crippen LogP contribution is 2.46. The molecule has 0 aliphatic carbocycles. The van der Waals surface area contributed by atoms with Gasteiger partial charge in [0.2, 0.25) is 5.91 Å². The lowest BCUT2D eigenvalue weighted by molar-refractivity contribution is -0.136. The molecule has 104 valence electrons. The van der Waals surface area contributed by atoms with Gasteiger partial charge in [0.05, 0.1) is 11.1 Å². The standard InChI is InChI=1S/C15H22N2O2/c1-3-12-9-15(4-6-16-7-5-15)14(18)17(12)13-8-11(2)19-10-13/h8,12,16H,2-7,9-10H2,1H3. The Hall–Kier alpha value is -1.29. The summed E-state index contributed by atoms with van der Waals surface area (Å²) in [4.78, 5) is 14.9. The van der Waals surface area contributed by atoms with Gasteiger partial charge < -0.3 is 15.0 Å². The van der Waals surface area contributed by atoms with E-state index < -0.39 is 0 Å². The van der Waals surface area contributed by atoms with Crippen LogP contribution in [0.5, 0.6) is 0 Å². The zero-order valence-electron chi connectivity index (χ0n) is 11.6. The lowest BCUT2D eigenvalue weighted by Crippen LogP contribution is -2.42. The van der Waals surface area contributed by atoms with Crippen molar-refractivity contribution in [3.63, 3.8) is 0 Å². The molecule has 3 heterocycles. The molecule has 1 amide bonds. The third-order valence-corrected chi connectivity index (χ3v) is 4.74. The summed E-state index contributed by atoms with van der Waals surface area (Å²) in [5.41, 5.74) is 0.869. The number of likely N-dealkylation sites (tertiary alicyclic amines) is 1. The topological polar surface area (TPSA) is 41.6 Å². The van der Waals surface area contributed by atoms with Gasteiger partial charge in [-0.3, -0.25) is 4.79 Å². The molecule has 0 radical (unpaired) electrons. The second kappa shape index (κ2) is 4.67. The van der Waals surface area contributed by atoms with Crippen molar-refractivity contribution < 1.29 is 9.53 Å². The third-order valence-electron chi connectivity index (χ3n) is 4.74. The highest BCUT2D eigenvalue weighted by atomic mass is 16.5. The Balaban J connectivity index is 1.89. The molecule has 0 aromatic rings. The lowest BCUT2D eigenvalue weighted by atomic mass is 9.76. The number of ether oxygens (including phenoxy) is 1. The van der Waals surface area contributed by atoms with E-state index in [4.69, 9.17) is 4.74 Å². The van der Waals surface area contributed by atoms with Crippen molar-refractivity contribution in [3.05, 3.63) is 24.1 Å². The van der Waals surface area contributed by atoms with Gasteiger partial charge in [0, 0.05) is 12.1 Å². The molecular formula is C15H22N2O2. The first-order valence-electron chi connectivity index (χ1n) is 7.23. The summed E-state index contributed by atoms with van der Waals surface area (Å²) in [5, 5.41) is 3.36. The fourth-order valence-electron chi connectivity index (χ4n) is 3.64. The minimum atomic E-state index is -0.128. The molecule has 0 aromatic carbocycles. The molecule has 2 saturated heterocycles. The van der Waals surface area contributed by atoms with Gasteiger partial charge in [-0.05, 0) is 38.8 Å². The van der Waals surface area contributed by atoms with Crippen molar-refractivity contribution in [2.75, 3.05) is 19.7 Å². The predicted octanol–water partition coefficient (Wildman–Crippen LogP) is 1.79. The van der Waals surface area contributed by atoms with Crippen LogP contribution in [0.15, 0.2) is 24.1 Å². The zero-order chi connectivity index (χ0) is 13.5. The van der Waals surface area contributed by atoms with Crippen LogP contribution in [0.2, 0.25) is 0 Å². The van der Waals surface area contributed by atoms with E-state index in [1.54, 1.807) is 0 Å². The predicted molar refractivity (Wildman–Crippen MR) is 73.3 cm³/mol. The number of nitrogens with zero attached hydrogens (tertiary/aromatic N) is 1. The number of hydrogen-bond donors (Lipinski definition) is 1. The highest BCUT2D eigenvalue weighted by Gasteiger charge is 2.52. The fraction of sp³-hybridized carbons (Fsp3) is 0.667. The Morgan fingerprint density at radius 2 is 2.26 bits per heavy atom. The number of piperidine rings is 1. The first-order valence-corrected chi connectivity index (χ1v) is 7.23. The molecule has 19 heavy (non-hydrogen) atoms. The summed E-state index contributed by atoms with van der Waals surface area (Å²) >= 11 is 0. The van der Waals surface area contributed by atoms with E-state index in [2.05, 4.69) is 18.8 Å². The Bertz CT molecular complexity index is 435. The van der Waals surface area contributed by atoms with Crippen LogP contribution < -0.4 is 5.32 Å². The largest absolute Gasteiger partial charge is 0.488 e. The molecule has 0 aromatic heterocycles. The first kappa shape index (κ1) is 12.7. The second-order valence-electron chi connectivity index (χ2n) is 5.86. The molecule has 1 unspecified atom stereocenters. The molecule has 1 atom stereocenters. The van der Waals surface area contributed by atoms with Gasteiger partial charge in [-0.15, -0.1) is 0 Å². The molecule has 3 aliphatic heterocycles. The summed E-state index contributed by atoms with van der Waals surface area (Å²) < 4.78 is 5.40. The van der Waals surface area contributed by atoms with Gasteiger partial charge in [-0.1, -0.05) is 13.5 Å². The molecule has 4 heteroatoms. The second-order valence-corrected chi connectivity index (χ2v) is 5.86. The van der Waals surface area contributed by atoms with Crippen molar-refractivity contribution in [3.8, 4) is 0 Å². The average molecular weight is 262 g/mol. The van der Waals surface area contributed by atoms with E-state index in [9.17, 15) is 4.79 Å². The fourth-order valence-corrected chi connectivity index (χ4v) is 3.64. The number of carbonyl (C=O) groups is 1.